The van der Waals surface area contributed by atoms with E-state index >= 15 is 0 Å². The van der Waals surface area contributed by atoms with Crippen LogP contribution in [0.1, 0.15) is 115 Å². The Bertz CT molecular complexity index is 962. The van der Waals surface area contributed by atoms with E-state index in [0.717, 1.165) is 30.7 Å². The van der Waals surface area contributed by atoms with Gasteiger partial charge in [-0.3, -0.25) is 4.79 Å². The molecule has 1 saturated carbocycles. The number of esters is 1. The Morgan fingerprint density at radius 3 is 2.10 bits per heavy atom. The van der Waals surface area contributed by atoms with Gasteiger partial charge in [-0.05, 0) is 80.2 Å². The van der Waals surface area contributed by atoms with Gasteiger partial charge in [-0.25, -0.2) is 9.97 Å². The van der Waals surface area contributed by atoms with Gasteiger partial charge in [0.25, 0.3) is 0 Å². The zero-order valence-corrected chi connectivity index (χ0v) is 24.1. The first-order valence-electron chi connectivity index (χ1n) is 15.5. The van der Waals surface area contributed by atoms with Gasteiger partial charge < -0.3 is 14.2 Å². The molecule has 0 bridgehead atoms. The Morgan fingerprint density at radius 2 is 1.44 bits per heavy atom. The molecule has 0 N–H and O–H groups in total. The van der Waals surface area contributed by atoms with Crippen LogP contribution in [0.2, 0.25) is 0 Å². The van der Waals surface area contributed by atoms with Gasteiger partial charge in [-0.2, -0.15) is 0 Å². The number of nitrogens with zero attached hydrogens (tertiary/aromatic N) is 2. The van der Waals surface area contributed by atoms with Crippen molar-refractivity contribution in [3.8, 4) is 17.1 Å². The maximum absolute atomic E-state index is 12.6. The lowest BCUT2D eigenvalue weighted by Gasteiger charge is -2.28. The molecule has 39 heavy (non-hydrogen) atoms. The number of rotatable bonds is 14. The number of ether oxygens (including phenoxy) is 3. The fraction of sp³-hybridized carbons (Fsp3) is 0.667. The lowest BCUT2D eigenvalue weighted by molar-refractivity contribution is -0.208. The Morgan fingerprint density at radius 1 is 0.821 bits per heavy atom. The topological polar surface area (TPSA) is 70.5 Å². The van der Waals surface area contributed by atoms with Gasteiger partial charge in [0.05, 0.1) is 13.2 Å². The predicted octanol–water partition coefficient (Wildman–Crippen LogP) is 8.25. The molecule has 1 aromatic carbocycles. The number of aromatic nitrogens is 2. The standard InChI is InChI=1S/C33H48N2O4/c1-3-5-7-8-10-11-25-13-15-26(16-14-25)28-21-34-32(35-22-28)27-17-19-30(20-18-27)39-33(36)29-23-37-31(38-24-29)12-9-6-4-2/h17-22,25-26,29,31H,3-16,23-24H2,1-2H3/t25-,26-,29?,31?. The molecule has 4 rings (SSSR count). The lowest BCUT2D eigenvalue weighted by atomic mass is 9.77. The molecule has 0 atom stereocenters. The molecule has 1 aromatic heterocycles. The van der Waals surface area contributed by atoms with E-state index < -0.39 is 5.92 Å². The minimum absolute atomic E-state index is 0.202. The fourth-order valence-corrected chi connectivity index (χ4v) is 5.80. The number of carbonyl (C=O) groups excluding carboxylic acids is 1. The summed E-state index contributed by atoms with van der Waals surface area (Å²) in [5.74, 6) is 1.97. The molecule has 1 aliphatic carbocycles. The summed E-state index contributed by atoms with van der Waals surface area (Å²) in [5, 5.41) is 0. The Kier molecular flexibility index (Phi) is 12.2. The lowest BCUT2D eigenvalue weighted by Crippen LogP contribution is -2.38. The predicted molar refractivity (Wildman–Crippen MR) is 155 cm³/mol. The van der Waals surface area contributed by atoms with Gasteiger partial charge in [0.15, 0.2) is 12.1 Å². The van der Waals surface area contributed by atoms with Crippen LogP contribution < -0.4 is 4.74 Å². The van der Waals surface area contributed by atoms with Crippen molar-refractivity contribution in [2.24, 2.45) is 11.8 Å². The van der Waals surface area contributed by atoms with Gasteiger partial charge in [-0.1, -0.05) is 65.2 Å². The largest absolute Gasteiger partial charge is 0.426 e. The maximum atomic E-state index is 12.6. The molecule has 0 radical (unpaired) electrons. The fourth-order valence-electron chi connectivity index (χ4n) is 5.80. The van der Waals surface area contributed by atoms with Crippen LogP contribution in [-0.2, 0) is 14.3 Å². The van der Waals surface area contributed by atoms with Crippen molar-refractivity contribution in [1.29, 1.82) is 0 Å². The van der Waals surface area contributed by atoms with Gasteiger partial charge in [0.1, 0.15) is 11.7 Å². The third-order valence-corrected chi connectivity index (χ3v) is 8.38. The Balaban J connectivity index is 1.19. The van der Waals surface area contributed by atoms with Crippen LogP contribution in [0, 0.1) is 11.8 Å². The van der Waals surface area contributed by atoms with Gasteiger partial charge in [0, 0.05) is 18.0 Å². The van der Waals surface area contributed by atoms with Crippen LogP contribution >= 0.6 is 0 Å². The summed E-state index contributed by atoms with van der Waals surface area (Å²) in [6.07, 6.45) is 21.6. The van der Waals surface area contributed by atoms with Crippen LogP contribution in [0.25, 0.3) is 11.4 Å². The van der Waals surface area contributed by atoms with Crippen molar-refractivity contribution in [3.05, 3.63) is 42.2 Å². The van der Waals surface area contributed by atoms with Crippen LogP contribution in [0.4, 0.5) is 0 Å². The van der Waals surface area contributed by atoms with E-state index in [9.17, 15) is 4.79 Å². The van der Waals surface area contributed by atoms with Crippen molar-refractivity contribution < 1.29 is 19.0 Å². The highest BCUT2D eigenvalue weighted by Gasteiger charge is 2.29. The molecular weight excluding hydrogens is 488 g/mol. The zero-order valence-electron chi connectivity index (χ0n) is 24.1. The number of hydrogen-bond acceptors (Lipinski definition) is 6. The summed E-state index contributed by atoms with van der Waals surface area (Å²) < 4.78 is 17.0. The summed E-state index contributed by atoms with van der Waals surface area (Å²) in [6.45, 7) is 5.14. The molecule has 1 saturated heterocycles. The second-order valence-electron chi connectivity index (χ2n) is 11.5. The van der Waals surface area contributed by atoms with Crippen LogP contribution in [-0.4, -0.2) is 35.4 Å². The SMILES string of the molecule is CCCCCCC[C@H]1CC[C@H](c2cnc(-c3ccc(OC(=O)C4COC(CCCCC)OC4)cc3)nc2)CC1. The second kappa shape index (κ2) is 16.1. The highest BCUT2D eigenvalue weighted by Crippen LogP contribution is 2.37. The van der Waals surface area contributed by atoms with E-state index in [1.54, 1.807) is 12.1 Å². The molecule has 0 spiro atoms. The first-order valence-corrected chi connectivity index (χ1v) is 15.5. The van der Waals surface area contributed by atoms with Crippen molar-refractivity contribution in [1.82, 2.24) is 9.97 Å². The minimum atomic E-state index is -0.399. The Labute approximate surface area is 235 Å². The van der Waals surface area contributed by atoms with Crippen molar-refractivity contribution in [3.63, 3.8) is 0 Å². The molecule has 2 aliphatic rings. The zero-order chi connectivity index (χ0) is 27.3. The van der Waals surface area contributed by atoms with E-state index in [1.165, 1.54) is 76.2 Å². The Hall–Kier alpha value is -2.31. The highest BCUT2D eigenvalue weighted by molar-refractivity contribution is 5.75. The minimum Gasteiger partial charge on any atom is -0.426 e. The number of benzene rings is 1. The molecule has 6 nitrogen and oxygen atoms in total. The third-order valence-electron chi connectivity index (χ3n) is 8.38. The van der Waals surface area contributed by atoms with E-state index in [4.69, 9.17) is 14.2 Å². The monoisotopic (exact) mass is 536 g/mol. The van der Waals surface area contributed by atoms with E-state index in [2.05, 4.69) is 23.8 Å². The molecular formula is C33H48N2O4. The molecule has 2 aromatic rings. The highest BCUT2D eigenvalue weighted by atomic mass is 16.7. The van der Waals surface area contributed by atoms with E-state index in [-0.39, 0.29) is 12.3 Å². The molecule has 2 heterocycles. The molecule has 214 valence electrons. The van der Waals surface area contributed by atoms with Crippen LogP contribution in [0.5, 0.6) is 5.75 Å². The summed E-state index contributed by atoms with van der Waals surface area (Å²) in [5.41, 5.74) is 2.17. The summed E-state index contributed by atoms with van der Waals surface area (Å²) in [6, 6.07) is 7.40. The van der Waals surface area contributed by atoms with Crippen molar-refractivity contribution in [2.75, 3.05) is 13.2 Å². The normalized spacial score (nSPS) is 23.4. The van der Waals surface area contributed by atoms with E-state index in [0.29, 0.717) is 30.7 Å². The van der Waals surface area contributed by atoms with Crippen molar-refractivity contribution in [2.45, 2.75) is 116 Å². The van der Waals surface area contributed by atoms with E-state index in [1.807, 2.05) is 24.5 Å². The van der Waals surface area contributed by atoms with Gasteiger partial charge >= 0.3 is 5.97 Å². The number of carbonyl (C=O) groups is 1. The second-order valence-corrected chi connectivity index (χ2v) is 11.5. The molecule has 0 amide bonds. The van der Waals surface area contributed by atoms with Crippen molar-refractivity contribution >= 4 is 5.97 Å². The summed E-state index contributed by atoms with van der Waals surface area (Å²) >= 11 is 0. The quantitative estimate of drug-likeness (QED) is 0.137. The first kappa shape index (κ1) is 29.7. The molecule has 0 unspecified atom stereocenters. The average Bonchev–Trinajstić information content (AvgIpc) is 2.98. The summed E-state index contributed by atoms with van der Waals surface area (Å²) in [7, 11) is 0. The van der Waals surface area contributed by atoms with Gasteiger partial charge in [-0.15, -0.1) is 0 Å². The smallest absolute Gasteiger partial charge is 0.319 e. The maximum Gasteiger partial charge on any atom is 0.319 e. The third kappa shape index (κ3) is 9.39. The average molecular weight is 537 g/mol. The van der Waals surface area contributed by atoms with Crippen LogP contribution in [0.15, 0.2) is 36.7 Å². The molecule has 2 fully saturated rings. The number of unbranched alkanes of at least 4 members (excludes halogenated alkanes) is 6. The molecule has 1 aliphatic heterocycles. The number of hydrogen-bond donors (Lipinski definition) is 0. The first-order chi connectivity index (χ1) is 19.2. The van der Waals surface area contributed by atoms with Crippen LogP contribution in [0.3, 0.4) is 0 Å². The molecule has 6 heteroatoms. The summed E-state index contributed by atoms with van der Waals surface area (Å²) in [4.78, 5) is 21.9. The van der Waals surface area contributed by atoms with Gasteiger partial charge in [0.2, 0.25) is 0 Å².